The van der Waals surface area contributed by atoms with E-state index in [1.807, 2.05) is 13.8 Å². The molecule has 6 heteroatoms. The van der Waals surface area contributed by atoms with Gasteiger partial charge in [0.1, 0.15) is 21.3 Å². The molecule has 19 heavy (non-hydrogen) atoms. The van der Waals surface area contributed by atoms with E-state index in [-0.39, 0.29) is 0 Å². The van der Waals surface area contributed by atoms with Gasteiger partial charge in [0.05, 0.1) is 5.39 Å². The molecular weight excluding hydrogens is 262 g/mol. The lowest BCUT2D eigenvalue weighted by Crippen LogP contribution is -2.05. The fraction of sp³-hybridized carbons (Fsp3) is 0.462. The molecule has 0 aliphatic rings. The van der Waals surface area contributed by atoms with Gasteiger partial charge < -0.3 is 10.4 Å². The molecule has 2 aromatic heterocycles. The van der Waals surface area contributed by atoms with Gasteiger partial charge in [-0.15, -0.1) is 11.3 Å². The number of hydrogen-bond donors (Lipinski definition) is 2. The minimum Gasteiger partial charge on any atom is -0.477 e. The number of carboxylic acid groups (broad SMARTS) is 1. The van der Waals surface area contributed by atoms with Crippen molar-refractivity contribution in [3.63, 3.8) is 0 Å². The van der Waals surface area contributed by atoms with Crippen LogP contribution in [0.15, 0.2) is 0 Å². The Labute approximate surface area is 115 Å². The highest BCUT2D eigenvalue weighted by molar-refractivity contribution is 7.20. The Morgan fingerprint density at radius 3 is 2.74 bits per heavy atom. The second-order valence-electron chi connectivity index (χ2n) is 4.44. The Kier molecular flexibility index (Phi) is 3.99. The van der Waals surface area contributed by atoms with E-state index in [1.54, 1.807) is 0 Å². The molecule has 0 bridgehead atoms. The Balaban J connectivity index is 2.52. The molecule has 0 saturated heterocycles. The molecule has 0 radical (unpaired) electrons. The van der Waals surface area contributed by atoms with Crippen molar-refractivity contribution in [3.8, 4) is 0 Å². The third kappa shape index (κ3) is 2.68. The molecule has 5 nitrogen and oxygen atoms in total. The van der Waals surface area contributed by atoms with Gasteiger partial charge in [0, 0.05) is 6.54 Å². The highest BCUT2D eigenvalue weighted by atomic mass is 32.1. The van der Waals surface area contributed by atoms with Gasteiger partial charge in [-0.3, -0.25) is 0 Å². The summed E-state index contributed by atoms with van der Waals surface area (Å²) in [6.45, 7) is 6.59. The smallest absolute Gasteiger partial charge is 0.346 e. The summed E-state index contributed by atoms with van der Waals surface area (Å²) < 4.78 is 0. The summed E-state index contributed by atoms with van der Waals surface area (Å²) in [5.41, 5.74) is 0.742. The number of carbonyl (C=O) groups is 1. The topological polar surface area (TPSA) is 75.1 Å². The zero-order valence-electron chi connectivity index (χ0n) is 11.3. The predicted octanol–water partition coefficient (Wildman–Crippen LogP) is 3.22. The standard InChI is InChI=1S/C13H17N3O2S/c1-4-5-6-14-11-9-7(2)10(13(17)18)19-12(9)16-8(3)15-11/h4-6H2,1-3H3,(H,17,18)(H,14,15,16). The molecule has 0 amide bonds. The maximum atomic E-state index is 11.2. The molecule has 2 rings (SSSR count). The van der Waals surface area contributed by atoms with Crippen LogP contribution in [0.4, 0.5) is 5.82 Å². The number of unbranched alkanes of at least 4 members (excludes halogenated alkanes) is 1. The number of carboxylic acids is 1. The van der Waals surface area contributed by atoms with E-state index in [0.717, 1.165) is 41.0 Å². The normalized spacial score (nSPS) is 10.9. The van der Waals surface area contributed by atoms with Crippen LogP contribution < -0.4 is 5.32 Å². The number of rotatable bonds is 5. The molecule has 0 aliphatic heterocycles. The lowest BCUT2D eigenvalue weighted by atomic mass is 10.2. The summed E-state index contributed by atoms with van der Waals surface area (Å²) in [7, 11) is 0. The van der Waals surface area contributed by atoms with Gasteiger partial charge in [-0.25, -0.2) is 14.8 Å². The number of aryl methyl sites for hydroxylation is 2. The first-order valence-electron chi connectivity index (χ1n) is 6.29. The van der Waals surface area contributed by atoms with Crippen LogP contribution in [0.25, 0.3) is 10.2 Å². The van der Waals surface area contributed by atoms with E-state index in [4.69, 9.17) is 0 Å². The van der Waals surface area contributed by atoms with Crippen LogP contribution in [0.3, 0.4) is 0 Å². The number of aromatic nitrogens is 2. The fourth-order valence-electron chi connectivity index (χ4n) is 1.96. The van der Waals surface area contributed by atoms with E-state index in [2.05, 4.69) is 22.2 Å². The minimum absolute atomic E-state index is 0.341. The first kappa shape index (κ1) is 13.7. The van der Waals surface area contributed by atoms with E-state index in [0.29, 0.717) is 10.7 Å². The molecule has 2 aromatic rings. The summed E-state index contributed by atoms with van der Waals surface area (Å²) in [5.74, 6) is 0.500. The zero-order valence-corrected chi connectivity index (χ0v) is 12.1. The average Bonchev–Trinajstić information content (AvgIpc) is 2.67. The van der Waals surface area contributed by atoms with Gasteiger partial charge in [-0.2, -0.15) is 0 Å². The van der Waals surface area contributed by atoms with Gasteiger partial charge in [-0.05, 0) is 25.8 Å². The number of nitrogens with zero attached hydrogens (tertiary/aromatic N) is 2. The predicted molar refractivity (Wildman–Crippen MR) is 77.2 cm³/mol. The summed E-state index contributed by atoms with van der Waals surface area (Å²) in [6.07, 6.45) is 2.16. The van der Waals surface area contributed by atoms with E-state index in [9.17, 15) is 9.90 Å². The van der Waals surface area contributed by atoms with Gasteiger partial charge >= 0.3 is 5.97 Å². The van der Waals surface area contributed by atoms with Crippen LogP contribution >= 0.6 is 11.3 Å². The molecule has 102 valence electrons. The van der Waals surface area contributed by atoms with Crippen molar-refractivity contribution in [2.75, 3.05) is 11.9 Å². The third-order valence-corrected chi connectivity index (χ3v) is 4.09. The molecule has 0 atom stereocenters. The van der Waals surface area contributed by atoms with Gasteiger partial charge in [0.15, 0.2) is 0 Å². The van der Waals surface area contributed by atoms with E-state index in [1.165, 1.54) is 11.3 Å². The molecule has 0 saturated carbocycles. The summed E-state index contributed by atoms with van der Waals surface area (Å²) in [5, 5.41) is 13.3. The Morgan fingerprint density at radius 1 is 1.37 bits per heavy atom. The van der Waals surface area contributed by atoms with Crippen LogP contribution in [0.2, 0.25) is 0 Å². The summed E-state index contributed by atoms with van der Waals surface area (Å²) in [4.78, 5) is 21.0. The second-order valence-corrected chi connectivity index (χ2v) is 5.44. The Bertz CT molecular complexity index is 622. The number of fused-ring (bicyclic) bond motifs is 1. The molecular formula is C13H17N3O2S. The van der Waals surface area contributed by atoms with E-state index < -0.39 is 5.97 Å². The van der Waals surface area contributed by atoms with Crippen molar-refractivity contribution in [1.82, 2.24) is 9.97 Å². The van der Waals surface area contributed by atoms with Crippen LogP contribution in [0.1, 0.15) is 40.8 Å². The van der Waals surface area contributed by atoms with Crippen molar-refractivity contribution in [3.05, 3.63) is 16.3 Å². The van der Waals surface area contributed by atoms with Crippen LogP contribution in [0, 0.1) is 13.8 Å². The van der Waals surface area contributed by atoms with Crippen molar-refractivity contribution >= 4 is 33.3 Å². The zero-order chi connectivity index (χ0) is 14.0. The molecule has 0 aliphatic carbocycles. The third-order valence-electron chi connectivity index (χ3n) is 2.92. The largest absolute Gasteiger partial charge is 0.477 e. The second kappa shape index (κ2) is 5.52. The maximum absolute atomic E-state index is 11.2. The molecule has 0 spiro atoms. The van der Waals surface area contributed by atoms with Gasteiger partial charge in [0.2, 0.25) is 0 Å². The number of anilines is 1. The van der Waals surface area contributed by atoms with Crippen LogP contribution in [-0.2, 0) is 0 Å². The lowest BCUT2D eigenvalue weighted by molar-refractivity contribution is 0.0701. The van der Waals surface area contributed by atoms with Gasteiger partial charge in [0.25, 0.3) is 0 Å². The molecule has 2 heterocycles. The maximum Gasteiger partial charge on any atom is 0.346 e. The van der Waals surface area contributed by atoms with E-state index >= 15 is 0 Å². The van der Waals surface area contributed by atoms with Crippen LogP contribution in [-0.4, -0.2) is 27.6 Å². The van der Waals surface area contributed by atoms with Crippen molar-refractivity contribution in [2.24, 2.45) is 0 Å². The monoisotopic (exact) mass is 279 g/mol. The number of nitrogens with one attached hydrogen (secondary N) is 1. The number of thiophene rings is 1. The Morgan fingerprint density at radius 2 is 2.11 bits per heavy atom. The lowest BCUT2D eigenvalue weighted by Gasteiger charge is -2.07. The first-order valence-corrected chi connectivity index (χ1v) is 7.11. The SMILES string of the molecule is CCCCNc1nc(C)nc2sc(C(=O)O)c(C)c12. The van der Waals surface area contributed by atoms with Crippen molar-refractivity contribution in [1.29, 1.82) is 0 Å². The quantitative estimate of drug-likeness (QED) is 0.822. The molecule has 0 unspecified atom stereocenters. The van der Waals surface area contributed by atoms with Gasteiger partial charge in [-0.1, -0.05) is 13.3 Å². The molecule has 0 aromatic carbocycles. The molecule has 0 fully saturated rings. The number of aromatic carboxylic acids is 1. The highest BCUT2D eigenvalue weighted by Gasteiger charge is 2.19. The summed E-state index contributed by atoms with van der Waals surface area (Å²) >= 11 is 1.21. The van der Waals surface area contributed by atoms with Crippen molar-refractivity contribution < 1.29 is 9.90 Å². The fourth-order valence-corrected chi connectivity index (χ4v) is 3.03. The Hall–Kier alpha value is -1.69. The minimum atomic E-state index is -0.905. The number of hydrogen-bond acceptors (Lipinski definition) is 5. The van der Waals surface area contributed by atoms with Crippen LogP contribution in [0.5, 0.6) is 0 Å². The van der Waals surface area contributed by atoms with Crippen molar-refractivity contribution in [2.45, 2.75) is 33.6 Å². The first-order chi connectivity index (χ1) is 9.04. The highest BCUT2D eigenvalue weighted by Crippen LogP contribution is 2.33. The average molecular weight is 279 g/mol. The summed E-state index contributed by atoms with van der Waals surface area (Å²) in [6, 6.07) is 0. The molecule has 2 N–H and O–H groups in total.